The molecular formula is C18H18BN5. The molecule has 6 heteroatoms. The quantitative estimate of drug-likeness (QED) is 0.868. The third-order valence-corrected chi connectivity index (χ3v) is 4.25. The number of nitrogens with one attached hydrogen (secondary N) is 1. The average molecular weight is 315 g/mol. The van der Waals surface area contributed by atoms with Crippen LogP contribution in [-0.4, -0.2) is 42.5 Å². The molecule has 2 aromatic rings. The molecule has 0 aliphatic carbocycles. The van der Waals surface area contributed by atoms with E-state index in [1.807, 2.05) is 30.5 Å². The molecule has 3 heterocycles. The molecule has 118 valence electrons. The molecule has 0 atom stereocenters. The highest BCUT2D eigenvalue weighted by atomic mass is 15.3. The Balaban J connectivity index is 1.66. The first kappa shape index (κ1) is 14.7. The number of pyridine rings is 1. The maximum absolute atomic E-state index is 4.88. The molecule has 0 bridgehead atoms. The van der Waals surface area contributed by atoms with Crippen molar-refractivity contribution in [3.63, 3.8) is 0 Å². The molecule has 2 aliphatic heterocycles. The van der Waals surface area contributed by atoms with E-state index in [9.17, 15) is 0 Å². The predicted octanol–water partition coefficient (Wildman–Crippen LogP) is 1.26. The van der Waals surface area contributed by atoms with E-state index in [-0.39, 0.29) is 0 Å². The second kappa shape index (κ2) is 6.32. The van der Waals surface area contributed by atoms with Crippen LogP contribution in [0.25, 0.3) is 5.70 Å². The van der Waals surface area contributed by atoms with Crippen molar-refractivity contribution >= 4 is 25.2 Å². The Labute approximate surface area is 142 Å². The molecule has 0 spiro atoms. The van der Waals surface area contributed by atoms with Crippen LogP contribution in [0, 0.1) is 0 Å². The second-order valence-corrected chi connectivity index (χ2v) is 5.83. The summed E-state index contributed by atoms with van der Waals surface area (Å²) >= 11 is 0. The van der Waals surface area contributed by atoms with Gasteiger partial charge in [-0.15, -0.1) is 0 Å². The molecule has 0 unspecified atom stereocenters. The van der Waals surface area contributed by atoms with Gasteiger partial charge in [0.2, 0.25) is 0 Å². The molecule has 5 nitrogen and oxygen atoms in total. The first-order chi connectivity index (χ1) is 11.8. The smallest absolute Gasteiger partial charge is 0.170 e. The summed E-state index contributed by atoms with van der Waals surface area (Å²) in [5.74, 6) is 1.77. The van der Waals surface area contributed by atoms with E-state index in [2.05, 4.69) is 46.2 Å². The Hall–Kier alpha value is -2.89. The number of hydrogen-bond donors (Lipinski definition) is 1. The lowest BCUT2D eigenvalue weighted by molar-refractivity contribution is 0.596. The van der Waals surface area contributed by atoms with E-state index < -0.39 is 0 Å². The van der Waals surface area contributed by atoms with Gasteiger partial charge in [-0.3, -0.25) is 9.98 Å². The van der Waals surface area contributed by atoms with Gasteiger partial charge in [0, 0.05) is 36.6 Å². The molecule has 24 heavy (non-hydrogen) atoms. The lowest BCUT2D eigenvalue weighted by Crippen LogP contribution is -2.43. The van der Waals surface area contributed by atoms with Crippen LogP contribution < -0.4 is 5.32 Å². The van der Waals surface area contributed by atoms with Crippen LogP contribution in [-0.2, 0) is 6.54 Å². The lowest BCUT2D eigenvalue weighted by atomic mass is 9.94. The van der Waals surface area contributed by atoms with Crippen LogP contribution >= 0.6 is 0 Å². The van der Waals surface area contributed by atoms with Gasteiger partial charge in [0.05, 0.1) is 12.2 Å². The Kier molecular flexibility index (Phi) is 3.87. The largest absolute Gasteiger partial charge is 0.363 e. The maximum Gasteiger partial charge on any atom is 0.170 e. The summed E-state index contributed by atoms with van der Waals surface area (Å²) in [6.07, 6.45) is 3.65. The topological polar surface area (TPSA) is 52.9 Å². The molecule has 0 amide bonds. The van der Waals surface area contributed by atoms with Gasteiger partial charge in [-0.1, -0.05) is 36.4 Å². The summed E-state index contributed by atoms with van der Waals surface area (Å²) in [6, 6.07) is 14.3. The van der Waals surface area contributed by atoms with Crippen LogP contribution in [0.1, 0.15) is 11.1 Å². The molecule has 0 fully saturated rings. The van der Waals surface area contributed by atoms with Crippen molar-refractivity contribution in [2.45, 2.75) is 6.54 Å². The minimum atomic E-state index is 0.681. The van der Waals surface area contributed by atoms with E-state index in [1.54, 1.807) is 6.20 Å². The third kappa shape index (κ3) is 2.71. The zero-order valence-corrected chi connectivity index (χ0v) is 13.6. The predicted molar refractivity (Wildman–Crippen MR) is 99.4 cm³/mol. The van der Waals surface area contributed by atoms with Gasteiger partial charge >= 0.3 is 0 Å². The number of fused-ring (bicyclic) bond motifs is 1. The van der Waals surface area contributed by atoms with Crippen molar-refractivity contribution in [2.24, 2.45) is 9.98 Å². The fraction of sp³-hybridized carbons (Fsp3) is 0.167. The molecular weight excluding hydrogens is 297 g/mol. The number of aromatic nitrogens is 1. The summed E-state index contributed by atoms with van der Waals surface area (Å²) in [4.78, 5) is 15.9. The summed E-state index contributed by atoms with van der Waals surface area (Å²) < 4.78 is 0. The van der Waals surface area contributed by atoms with E-state index >= 15 is 0 Å². The van der Waals surface area contributed by atoms with Gasteiger partial charge in [-0.2, -0.15) is 0 Å². The summed E-state index contributed by atoms with van der Waals surface area (Å²) in [5.41, 5.74) is 4.41. The van der Waals surface area contributed by atoms with Crippen LogP contribution in [0.5, 0.6) is 0 Å². The summed E-state index contributed by atoms with van der Waals surface area (Å²) in [5, 5.41) is 3.43. The number of nitrogens with zero attached hydrogens (tertiary/aromatic N) is 4. The van der Waals surface area contributed by atoms with Gasteiger partial charge in [-0.05, 0) is 11.6 Å². The monoisotopic (exact) mass is 315 g/mol. The molecule has 1 aromatic carbocycles. The highest BCUT2D eigenvalue weighted by Gasteiger charge is 2.29. The Morgan fingerprint density at radius 1 is 1.12 bits per heavy atom. The number of rotatable bonds is 3. The van der Waals surface area contributed by atoms with Gasteiger partial charge in [0.1, 0.15) is 0 Å². The van der Waals surface area contributed by atoms with Crippen molar-refractivity contribution < 1.29 is 0 Å². The van der Waals surface area contributed by atoms with Gasteiger partial charge < -0.3 is 10.2 Å². The lowest BCUT2D eigenvalue weighted by Gasteiger charge is -2.29. The number of aliphatic imine (C=N–C) groups is 2. The average Bonchev–Trinajstić information content (AvgIpc) is 3.13. The SMILES string of the molecule is BC1=C(c2ccccc2)N=C(NCc2cccnc2)C2=NCCN21. The van der Waals surface area contributed by atoms with Crippen molar-refractivity contribution in [1.29, 1.82) is 0 Å². The number of amidine groups is 2. The normalized spacial score (nSPS) is 16.6. The highest BCUT2D eigenvalue weighted by molar-refractivity contribution is 6.45. The van der Waals surface area contributed by atoms with E-state index in [4.69, 9.17) is 4.99 Å². The van der Waals surface area contributed by atoms with Crippen molar-refractivity contribution in [3.8, 4) is 0 Å². The first-order valence-electron chi connectivity index (χ1n) is 8.13. The maximum atomic E-state index is 4.88. The van der Waals surface area contributed by atoms with Crippen molar-refractivity contribution in [1.82, 2.24) is 15.2 Å². The Morgan fingerprint density at radius 2 is 2.00 bits per heavy atom. The summed E-state index contributed by atoms with van der Waals surface area (Å²) in [7, 11) is 2.12. The molecule has 0 saturated carbocycles. The van der Waals surface area contributed by atoms with Crippen molar-refractivity contribution in [3.05, 3.63) is 71.6 Å². The minimum Gasteiger partial charge on any atom is -0.363 e. The number of hydrogen-bond acceptors (Lipinski definition) is 5. The van der Waals surface area contributed by atoms with Crippen LogP contribution in [0.4, 0.5) is 0 Å². The zero-order chi connectivity index (χ0) is 16.4. The molecule has 2 aliphatic rings. The third-order valence-electron chi connectivity index (χ3n) is 4.25. The van der Waals surface area contributed by atoms with Gasteiger partial charge in [-0.25, -0.2) is 4.99 Å². The first-order valence-corrected chi connectivity index (χ1v) is 8.13. The second-order valence-electron chi connectivity index (χ2n) is 5.83. The highest BCUT2D eigenvalue weighted by Crippen LogP contribution is 2.26. The molecule has 1 N–H and O–H groups in total. The van der Waals surface area contributed by atoms with Crippen LogP contribution in [0.2, 0.25) is 0 Å². The molecule has 0 radical (unpaired) electrons. The number of benzene rings is 1. The van der Waals surface area contributed by atoms with E-state index in [0.717, 1.165) is 47.2 Å². The molecule has 1 aromatic heterocycles. The standard InChI is InChI=1S/C18H18BN5/c19-16-15(14-6-2-1-3-7-14)23-17(18-21-9-10-24(16)18)22-12-13-5-4-8-20-11-13/h1-8,11H,9-10,12,19H2,(H,22,23). The van der Waals surface area contributed by atoms with Crippen molar-refractivity contribution in [2.75, 3.05) is 13.1 Å². The van der Waals surface area contributed by atoms with Crippen LogP contribution in [0.3, 0.4) is 0 Å². The fourth-order valence-electron chi connectivity index (χ4n) is 3.02. The molecule has 0 saturated heterocycles. The Morgan fingerprint density at radius 3 is 2.79 bits per heavy atom. The summed E-state index contributed by atoms with van der Waals surface area (Å²) in [6.45, 7) is 2.40. The molecule has 4 rings (SSSR count). The van der Waals surface area contributed by atoms with Gasteiger partial charge in [0.15, 0.2) is 19.5 Å². The minimum absolute atomic E-state index is 0.681. The van der Waals surface area contributed by atoms with E-state index in [1.165, 1.54) is 0 Å². The van der Waals surface area contributed by atoms with Crippen LogP contribution in [0.15, 0.2) is 70.4 Å². The van der Waals surface area contributed by atoms with E-state index in [0.29, 0.717) is 6.54 Å². The van der Waals surface area contributed by atoms with Gasteiger partial charge in [0.25, 0.3) is 0 Å². The Bertz CT molecular complexity index is 827. The zero-order valence-electron chi connectivity index (χ0n) is 13.6. The fourth-order valence-corrected chi connectivity index (χ4v) is 3.02.